The van der Waals surface area contributed by atoms with Crippen LogP contribution in [0.3, 0.4) is 0 Å². The molecule has 98 valence electrons. The van der Waals surface area contributed by atoms with Gasteiger partial charge in [-0.25, -0.2) is 0 Å². The Balaban J connectivity index is 1.52. The van der Waals surface area contributed by atoms with Gasteiger partial charge in [0.1, 0.15) is 0 Å². The van der Waals surface area contributed by atoms with Crippen LogP contribution >= 0.6 is 0 Å². The average Bonchev–Trinajstić information content (AvgIpc) is 2.99. The maximum Gasteiger partial charge on any atom is 0.234 e. The van der Waals surface area contributed by atoms with Crippen LogP contribution in [0.2, 0.25) is 0 Å². The van der Waals surface area contributed by atoms with Crippen LogP contribution in [0.15, 0.2) is 0 Å². The molecule has 1 saturated carbocycles. The van der Waals surface area contributed by atoms with Crippen LogP contribution in [-0.4, -0.2) is 50.5 Å². The van der Waals surface area contributed by atoms with Gasteiger partial charge in [0.05, 0.1) is 25.9 Å². The van der Waals surface area contributed by atoms with Crippen molar-refractivity contribution in [2.24, 2.45) is 0 Å². The Morgan fingerprint density at radius 1 is 1.47 bits per heavy atom. The molecule has 1 heterocycles. The van der Waals surface area contributed by atoms with E-state index >= 15 is 0 Å². The molecular weight excluding hydrogens is 220 g/mol. The van der Waals surface area contributed by atoms with Gasteiger partial charge in [-0.2, -0.15) is 0 Å². The Morgan fingerprint density at radius 3 is 2.94 bits per heavy atom. The summed E-state index contributed by atoms with van der Waals surface area (Å²) < 4.78 is 10.9. The van der Waals surface area contributed by atoms with E-state index in [1.165, 1.54) is 12.8 Å². The van der Waals surface area contributed by atoms with Crippen molar-refractivity contribution in [2.75, 3.05) is 26.4 Å². The number of carbonyl (C=O) groups is 1. The highest BCUT2D eigenvalue weighted by molar-refractivity contribution is 5.78. The van der Waals surface area contributed by atoms with Crippen LogP contribution in [0.4, 0.5) is 0 Å². The summed E-state index contributed by atoms with van der Waals surface area (Å²) in [6, 6.07) is 0.632. The highest BCUT2D eigenvalue weighted by Gasteiger charge is 2.22. The smallest absolute Gasteiger partial charge is 0.234 e. The lowest BCUT2D eigenvalue weighted by Crippen LogP contribution is -2.42. The quantitative estimate of drug-likeness (QED) is 0.662. The van der Waals surface area contributed by atoms with Crippen molar-refractivity contribution in [3.8, 4) is 0 Å². The SMILES string of the molecule is C[C@@H](CO[C@H]1CCOC1)NC(=O)CNC1CC1. The van der Waals surface area contributed by atoms with Gasteiger partial charge in [0.2, 0.25) is 5.91 Å². The maximum absolute atomic E-state index is 11.5. The molecular formula is C12H22N2O3. The number of ether oxygens (including phenoxy) is 2. The zero-order chi connectivity index (χ0) is 12.1. The highest BCUT2D eigenvalue weighted by Crippen LogP contribution is 2.17. The first-order valence-electron chi connectivity index (χ1n) is 6.46. The topological polar surface area (TPSA) is 59.6 Å². The Kier molecular flexibility index (Phi) is 4.76. The Morgan fingerprint density at radius 2 is 2.29 bits per heavy atom. The number of hydrogen-bond acceptors (Lipinski definition) is 4. The van der Waals surface area contributed by atoms with Gasteiger partial charge in [0.15, 0.2) is 0 Å². The van der Waals surface area contributed by atoms with E-state index in [9.17, 15) is 4.79 Å². The predicted molar refractivity (Wildman–Crippen MR) is 63.8 cm³/mol. The first-order chi connectivity index (χ1) is 8.24. The minimum absolute atomic E-state index is 0.0515. The lowest BCUT2D eigenvalue weighted by molar-refractivity contribution is -0.121. The Hall–Kier alpha value is -0.650. The van der Waals surface area contributed by atoms with Crippen molar-refractivity contribution >= 4 is 5.91 Å². The van der Waals surface area contributed by atoms with E-state index in [4.69, 9.17) is 9.47 Å². The number of amides is 1. The van der Waals surface area contributed by atoms with Gasteiger partial charge in [-0.1, -0.05) is 0 Å². The second-order valence-electron chi connectivity index (χ2n) is 4.94. The average molecular weight is 242 g/mol. The number of hydrogen-bond donors (Lipinski definition) is 2. The molecule has 0 spiro atoms. The third-order valence-electron chi connectivity index (χ3n) is 3.01. The van der Waals surface area contributed by atoms with Crippen molar-refractivity contribution in [3.63, 3.8) is 0 Å². The maximum atomic E-state index is 11.5. The molecule has 2 rings (SSSR count). The first-order valence-corrected chi connectivity index (χ1v) is 6.46. The van der Waals surface area contributed by atoms with Crippen molar-refractivity contribution < 1.29 is 14.3 Å². The number of rotatable bonds is 7. The van der Waals surface area contributed by atoms with E-state index in [0.717, 1.165) is 13.0 Å². The molecule has 2 aliphatic rings. The van der Waals surface area contributed by atoms with Gasteiger partial charge in [-0.3, -0.25) is 4.79 Å². The monoisotopic (exact) mass is 242 g/mol. The predicted octanol–water partition coefficient (Wildman–Crippen LogP) is 0.0486. The molecule has 2 atom stereocenters. The zero-order valence-corrected chi connectivity index (χ0v) is 10.4. The van der Waals surface area contributed by atoms with Gasteiger partial charge in [-0.15, -0.1) is 0 Å². The first kappa shape index (κ1) is 12.8. The Bertz CT molecular complexity index is 250. The lowest BCUT2D eigenvalue weighted by Gasteiger charge is -2.17. The van der Waals surface area contributed by atoms with Crippen LogP contribution in [0, 0.1) is 0 Å². The van der Waals surface area contributed by atoms with E-state index < -0.39 is 0 Å². The summed E-state index contributed by atoms with van der Waals surface area (Å²) in [5, 5.41) is 6.11. The minimum atomic E-state index is 0.0515. The normalized spacial score (nSPS) is 25.8. The molecule has 0 aromatic carbocycles. The molecule has 0 aromatic rings. The fraction of sp³-hybridized carbons (Fsp3) is 0.917. The fourth-order valence-corrected chi connectivity index (χ4v) is 1.82. The summed E-state index contributed by atoms with van der Waals surface area (Å²) in [5.41, 5.74) is 0. The van der Waals surface area contributed by atoms with E-state index in [-0.39, 0.29) is 18.1 Å². The van der Waals surface area contributed by atoms with Crippen LogP contribution < -0.4 is 10.6 Å². The van der Waals surface area contributed by atoms with Crippen LogP contribution in [0.5, 0.6) is 0 Å². The van der Waals surface area contributed by atoms with Crippen molar-refractivity contribution in [1.29, 1.82) is 0 Å². The molecule has 5 nitrogen and oxygen atoms in total. The van der Waals surface area contributed by atoms with Crippen LogP contribution in [-0.2, 0) is 14.3 Å². The van der Waals surface area contributed by atoms with Gasteiger partial charge in [0.25, 0.3) is 0 Å². The third kappa shape index (κ3) is 5.02. The van der Waals surface area contributed by atoms with Gasteiger partial charge < -0.3 is 20.1 Å². The van der Waals surface area contributed by atoms with Gasteiger partial charge in [-0.05, 0) is 26.2 Å². The number of nitrogens with one attached hydrogen (secondary N) is 2. The third-order valence-corrected chi connectivity index (χ3v) is 3.01. The lowest BCUT2D eigenvalue weighted by atomic mass is 10.3. The van der Waals surface area contributed by atoms with Crippen LogP contribution in [0.1, 0.15) is 26.2 Å². The largest absolute Gasteiger partial charge is 0.379 e. The summed E-state index contributed by atoms with van der Waals surface area (Å²) in [4.78, 5) is 11.5. The summed E-state index contributed by atoms with van der Waals surface area (Å²) >= 11 is 0. The molecule has 2 fully saturated rings. The van der Waals surface area contributed by atoms with E-state index in [0.29, 0.717) is 25.8 Å². The zero-order valence-electron chi connectivity index (χ0n) is 10.4. The Labute approximate surface area is 102 Å². The molecule has 17 heavy (non-hydrogen) atoms. The van der Waals surface area contributed by atoms with Crippen molar-refractivity contribution in [3.05, 3.63) is 0 Å². The van der Waals surface area contributed by atoms with E-state index in [1.807, 2.05) is 6.92 Å². The molecule has 5 heteroatoms. The number of carbonyl (C=O) groups excluding carboxylic acids is 1. The summed E-state index contributed by atoms with van der Waals surface area (Å²) in [6.45, 7) is 4.41. The van der Waals surface area contributed by atoms with Crippen molar-refractivity contribution in [2.45, 2.75) is 44.4 Å². The minimum Gasteiger partial charge on any atom is -0.379 e. The molecule has 1 aliphatic carbocycles. The molecule has 1 saturated heterocycles. The van der Waals surface area contributed by atoms with E-state index in [1.54, 1.807) is 0 Å². The second-order valence-corrected chi connectivity index (χ2v) is 4.94. The van der Waals surface area contributed by atoms with Gasteiger partial charge >= 0.3 is 0 Å². The molecule has 0 aromatic heterocycles. The highest BCUT2D eigenvalue weighted by atomic mass is 16.5. The summed E-state index contributed by atoms with van der Waals surface area (Å²) in [7, 11) is 0. The van der Waals surface area contributed by atoms with Crippen molar-refractivity contribution in [1.82, 2.24) is 10.6 Å². The molecule has 1 aliphatic heterocycles. The molecule has 0 bridgehead atoms. The molecule has 0 radical (unpaired) electrons. The standard InChI is InChI=1S/C12H22N2O3/c1-9(7-17-11-4-5-16-8-11)14-12(15)6-13-10-2-3-10/h9-11,13H,2-8H2,1H3,(H,14,15)/t9-,11-/m0/s1. The second kappa shape index (κ2) is 6.33. The summed E-state index contributed by atoms with van der Waals surface area (Å²) in [6.07, 6.45) is 3.57. The summed E-state index contributed by atoms with van der Waals surface area (Å²) in [5.74, 6) is 0.0515. The van der Waals surface area contributed by atoms with Gasteiger partial charge in [0, 0.05) is 18.7 Å². The van der Waals surface area contributed by atoms with Crippen LogP contribution in [0.25, 0.3) is 0 Å². The fourth-order valence-electron chi connectivity index (χ4n) is 1.82. The molecule has 1 amide bonds. The molecule has 0 unspecified atom stereocenters. The van der Waals surface area contributed by atoms with E-state index in [2.05, 4.69) is 10.6 Å². The molecule has 2 N–H and O–H groups in total.